The molecule has 2 heterocycles. The van der Waals surface area contributed by atoms with Gasteiger partial charge in [-0.1, -0.05) is 6.07 Å². The fourth-order valence-electron chi connectivity index (χ4n) is 3.09. The van der Waals surface area contributed by atoms with Gasteiger partial charge in [0.2, 0.25) is 0 Å². The first kappa shape index (κ1) is 18.0. The maximum atomic E-state index is 14.1. The number of halogens is 1. The molecule has 0 bridgehead atoms. The maximum absolute atomic E-state index is 14.1. The largest absolute Gasteiger partial charge is 0.490 e. The number of carbonyl (C=O) groups excluding carboxylic acids is 1. The van der Waals surface area contributed by atoms with Crippen LogP contribution in [0.5, 0.6) is 11.5 Å². The summed E-state index contributed by atoms with van der Waals surface area (Å²) in [5, 5.41) is 7.04. The lowest BCUT2D eigenvalue weighted by atomic mass is 10.1. The van der Waals surface area contributed by atoms with Crippen LogP contribution < -0.4 is 14.8 Å². The molecule has 6 nitrogen and oxygen atoms in total. The van der Waals surface area contributed by atoms with Crippen LogP contribution in [0.2, 0.25) is 0 Å². The van der Waals surface area contributed by atoms with Gasteiger partial charge in [-0.25, -0.2) is 4.39 Å². The highest BCUT2D eigenvalue weighted by Crippen LogP contribution is 2.35. The lowest BCUT2D eigenvalue weighted by molar-refractivity contribution is 0.102. The number of benzene rings is 2. The fourth-order valence-corrected chi connectivity index (χ4v) is 3.09. The summed E-state index contributed by atoms with van der Waals surface area (Å²) in [5.41, 5.74) is 2.47. The van der Waals surface area contributed by atoms with Gasteiger partial charge in [-0.2, -0.15) is 5.10 Å². The van der Waals surface area contributed by atoms with Crippen molar-refractivity contribution in [3.8, 4) is 22.8 Å². The van der Waals surface area contributed by atoms with Crippen LogP contribution in [-0.2, 0) is 7.05 Å². The van der Waals surface area contributed by atoms with E-state index in [0.717, 1.165) is 17.5 Å². The number of hydrogen-bond donors (Lipinski definition) is 1. The third-order valence-corrected chi connectivity index (χ3v) is 4.47. The Labute approximate surface area is 161 Å². The maximum Gasteiger partial charge on any atom is 0.259 e. The number of aromatic nitrogens is 2. The van der Waals surface area contributed by atoms with E-state index in [-0.39, 0.29) is 5.69 Å². The van der Waals surface area contributed by atoms with E-state index in [1.54, 1.807) is 37.0 Å². The molecule has 0 unspecified atom stereocenters. The number of nitrogens with one attached hydrogen (secondary N) is 1. The second-order valence-electron chi connectivity index (χ2n) is 6.71. The van der Waals surface area contributed by atoms with Crippen LogP contribution in [0.15, 0.2) is 42.6 Å². The van der Waals surface area contributed by atoms with Gasteiger partial charge >= 0.3 is 0 Å². The number of fused-ring (bicyclic) bond motifs is 1. The average Bonchev–Trinajstić information content (AvgIpc) is 2.91. The van der Waals surface area contributed by atoms with Crippen LogP contribution in [0.3, 0.4) is 0 Å². The smallest absolute Gasteiger partial charge is 0.259 e. The molecule has 0 fully saturated rings. The van der Waals surface area contributed by atoms with Crippen molar-refractivity contribution in [1.82, 2.24) is 9.78 Å². The highest BCUT2D eigenvalue weighted by molar-refractivity contribution is 6.08. The minimum Gasteiger partial charge on any atom is -0.490 e. The number of aryl methyl sites for hydroxylation is 2. The highest BCUT2D eigenvalue weighted by Gasteiger charge is 2.20. The Balaban J connectivity index is 1.67. The van der Waals surface area contributed by atoms with Gasteiger partial charge in [-0.3, -0.25) is 9.48 Å². The van der Waals surface area contributed by atoms with Crippen LogP contribution in [0, 0.1) is 12.7 Å². The summed E-state index contributed by atoms with van der Waals surface area (Å²) in [4.78, 5) is 12.8. The van der Waals surface area contributed by atoms with Crippen LogP contribution >= 0.6 is 0 Å². The van der Waals surface area contributed by atoms with Gasteiger partial charge in [-0.05, 0) is 42.8 Å². The molecule has 7 heteroatoms. The number of carbonyl (C=O) groups is 1. The van der Waals surface area contributed by atoms with Crippen LogP contribution in [0.25, 0.3) is 11.3 Å². The predicted molar refractivity (Wildman–Crippen MR) is 103 cm³/mol. The first-order valence-corrected chi connectivity index (χ1v) is 9.02. The molecule has 2 aromatic carbocycles. The topological polar surface area (TPSA) is 65.4 Å². The summed E-state index contributed by atoms with van der Waals surface area (Å²) in [6, 6.07) is 10.1. The number of amides is 1. The van der Waals surface area contributed by atoms with Gasteiger partial charge in [-0.15, -0.1) is 0 Å². The third-order valence-electron chi connectivity index (χ3n) is 4.47. The van der Waals surface area contributed by atoms with Gasteiger partial charge in [0, 0.05) is 25.2 Å². The van der Waals surface area contributed by atoms with Crippen molar-refractivity contribution < 1.29 is 18.7 Å². The molecule has 0 saturated heterocycles. The van der Waals surface area contributed by atoms with Crippen molar-refractivity contribution in [1.29, 1.82) is 0 Å². The van der Waals surface area contributed by atoms with E-state index >= 15 is 0 Å². The Bertz CT molecular complexity index is 1050. The van der Waals surface area contributed by atoms with E-state index in [0.29, 0.717) is 36.0 Å². The summed E-state index contributed by atoms with van der Waals surface area (Å²) < 4.78 is 27.1. The number of ether oxygens (including phenoxy) is 2. The van der Waals surface area contributed by atoms with Crippen molar-refractivity contribution in [2.24, 2.45) is 7.05 Å². The van der Waals surface area contributed by atoms with Gasteiger partial charge < -0.3 is 14.8 Å². The monoisotopic (exact) mass is 381 g/mol. The van der Waals surface area contributed by atoms with Gasteiger partial charge in [0.05, 0.1) is 24.5 Å². The Morgan fingerprint density at radius 3 is 2.71 bits per heavy atom. The first-order chi connectivity index (χ1) is 13.5. The molecule has 4 rings (SSSR count). The molecule has 1 amide bonds. The molecule has 1 N–H and O–H groups in total. The van der Waals surface area contributed by atoms with Crippen LogP contribution in [-0.4, -0.2) is 28.9 Å². The zero-order valence-corrected chi connectivity index (χ0v) is 15.7. The molecule has 1 aromatic heterocycles. The number of hydrogen-bond acceptors (Lipinski definition) is 4. The standard InChI is InChI=1S/C21H20FN3O3/c1-13-4-6-17(16(22)10-13)23-21(26)15-12-25(2)24-20(15)14-5-7-18-19(11-14)28-9-3-8-27-18/h4-7,10-12H,3,8-9H2,1-2H3,(H,23,26). The number of rotatable bonds is 3. The molecular weight excluding hydrogens is 361 g/mol. The van der Waals surface area contributed by atoms with Crippen molar-refractivity contribution >= 4 is 11.6 Å². The molecule has 1 aliphatic heterocycles. The summed E-state index contributed by atoms with van der Waals surface area (Å²) >= 11 is 0. The molecule has 1 aliphatic rings. The summed E-state index contributed by atoms with van der Waals surface area (Å²) in [5.74, 6) is 0.383. The van der Waals surface area contributed by atoms with Crippen molar-refractivity contribution in [3.63, 3.8) is 0 Å². The van der Waals surface area contributed by atoms with Crippen LogP contribution in [0.1, 0.15) is 22.3 Å². The van der Waals surface area contributed by atoms with E-state index < -0.39 is 11.7 Å². The van der Waals surface area contributed by atoms with E-state index in [9.17, 15) is 9.18 Å². The van der Waals surface area contributed by atoms with Crippen LogP contribution in [0.4, 0.5) is 10.1 Å². The zero-order valence-electron chi connectivity index (χ0n) is 15.7. The van der Waals surface area contributed by atoms with E-state index in [1.807, 2.05) is 18.2 Å². The Kier molecular flexibility index (Phi) is 4.73. The minimum atomic E-state index is -0.477. The number of anilines is 1. The zero-order chi connectivity index (χ0) is 19.7. The number of nitrogens with zero attached hydrogens (tertiary/aromatic N) is 2. The normalized spacial score (nSPS) is 13.1. The molecule has 0 saturated carbocycles. The van der Waals surface area contributed by atoms with E-state index in [1.165, 1.54) is 6.07 Å². The summed E-state index contributed by atoms with van der Waals surface area (Å²) in [6.45, 7) is 2.96. The van der Waals surface area contributed by atoms with Crippen molar-refractivity contribution in [2.75, 3.05) is 18.5 Å². The van der Waals surface area contributed by atoms with Gasteiger partial charge in [0.15, 0.2) is 11.5 Å². The Morgan fingerprint density at radius 1 is 1.14 bits per heavy atom. The highest BCUT2D eigenvalue weighted by atomic mass is 19.1. The predicted octanol–water partition coefficient (Wildman–Crippen LogP) is 3.95. The molecular formula is C21H20FN3O3. The third kappa shape index (κ3) is 3.55. The molecule has 3 aromatic rings. The minimum absolute atomic E-state index is 0.129. The lowest BCUT2D eigenvalue weighted by Gasteiger charge is -2.10. The lowest BCUT2D eigenvalue weighted by Crippen LogP contribution is -2.13. The fraction of sp³-hybridized carbons (Fsp3) is 0.238. The van der Waals surface area contributed by atoms with Crippen molar-refractivity contribution in [3.05, 3.63) is 59.5 Å². The Morgan fingerprint density at radius 2 is 1.93 bits per heavy atom. The molecule has 28 heavy (non-hydrogen) atoms. The second kappa shape index (κ2) is 7.34. The van der Waals surface area contributed by atoms with Gasteiger partial charge in [0.25, 0.3) is 5.91 Å². The van der Waals surface area contributed by atoms with Gasteiger partial charge in [0.1, 0.15) is 11.5 Å². The molecule has 0 radical (unpaired) electrons. The SMILES string of the molecule is Cc1ccc(NC(=O)c2cn(C)nc2-c2ccc3c(c2)OCCCO3)c(F)c1. The van der Waals surface area contributed by atoms with E-state index in [2.05, 4.69) is 10.4 Å². The molecule has 0 atom stereocenters. The quantitative estimate of drug-likeness (QED) is 0.746. The molecule has 144 valence electrons. The van der Waals surface area contributed by atoms with Crippen molar-refractivity contribution in [2.45, 2.75) is 13.3 Å². The molecule has 0 aliphatic carbocycles. The van der Waals surface area contributed by atoms with E-state index in [4.69, 9.17) is 9.47 Å². The first-order valence-electron chi connectivity index (χ1n) is 9.02. The summed E-state index contributed by atoms with van der Waals surface area (Å²) in [7, 11) is 1.73. The Hall–Kier alpha value is -3.35. The summed E-state index contributed by atoms with van der Waals surface area (Å²) in [6.07, 6.45) is 2.42. The second-order valence-corrected chi connectivity index (χ2v) is 6.71. The average molecular weight is 381 g/mol. The molecule has 0 spiro atoms.